The Morgan fingerprint density at radius 3 is 2.78 bits per heavy atom. The predicted molar refractivity (Wildman–Crippen MR) is 200 cm³/mol. The molecule has 0 saturated heterocycles. The van der Waals surface area contributed by atoms with Crippen LogP contribution in [0.4, 0.5) is 5.69 Å². The van der Waals surface area contributed by atoms with Crippen molar-refractivity contribution in [1.29, 1.82) is 0 Å². The minimum absolute atomic E-state index is 0.114. The van der Waals surface area contributed by atoms with Gasteiger partial charge >= 0.3 is 0 Å². The number of nitrogens with one attached hydrogen (secondary N) is 1. The van der Waals surface area contributed by atoms with Gasteiger partial charge in [0.25, 0.3) is 5.91 Å². The monoisotopic (exact) mass is 727 g/mol. The van der Waals surface area contributed by atoms with E-state index in [1.807, 2.05) is 37.3 Å². The maximum Gasteiger partial charge on any atom is 0.264 e. The van der Waals surface area contributed by atoms with Gasteiger partial charge in [-0.1, -0.05) is 48.6 Å². The normalized spacial score (nSPS) is 30.6. The number of aryl methyl sites for hydroxylation is 2. The second-order valence-electron chi connectivity index (χ2n) is 15.0. The highest BCUT2D eigenvalue weighted by molar-refractivity contribution is 7.90. The number of allylic oxidation sites excluding steroid dienone is 1. The minimum atomic E-state index is -4.00. The Morgan fingerprint density at radius 1 is 1.14 bits per heavy atom. The van der Waals surface area contributed by atoms with Gasteiger partial charge in [-0.05, 0) is 117 Å². The molecule has 2 aliphatic carbocycles. The molecular weight excluding hydrogens is 682 g/mol. The number of rotatable bonds is 2. The molecule has 6 atom stereocenters. The van der Waals surface area contributed by atoms with Gasteiger partial charge in [0.15, 0.2) is 0 Å². The molecule has 0 radical (unpaired) electrons. The Labute approximate surface area is 306 Å². The van der Waals surface area contributed by atoms with Crippen molar-refractivity contribution in [2.45, 2.75) is 81.5 Å². The lowest BCUT2D eigenvalue weighted by molar-refractivity contribution is -0.00325. The summed E-state index contributed by atoms with van der Waals surface area (Å²) < 4.78 is 35.9. The third-order valence-corrected chi connectivity index (χ3v) is 13.8. The van der Waals surface area contributed by atoms with Crippen LogP contribution in [0.25, 0.3) is 0 Å². The molecule has 2 aromatic carbocycles. The van der Waals surface area contributed by atoms with Crippen molar-refractivity contribution in [1.82, 2.24) is 9.71 Å². The van der Waals surface area contributed by atoms with Crippen molar-refractivity contribution in [2.75, 3.05) is 24.6 Å². The van der Waals surface area contributed by atoms with Gasteiger partial charge < -0.3 is 14.7 Å². The predicted octanol–water partition coefficient (Wildman–Crippen LogP) is 6.65. The molecule has 2 bridgehead atoms. The summed E-state index contributed by atoms with van der Waals surface area (Å²) in [5.74, 6) is 6.18. The quantitative estimate of drug-likeness (QED) is 0.225. The van der Waals surface area contributed by atoms with Gasteiger partial charge in [0.2, 0.25) is 10.0 Å². The first-order valence-corrected chi connectivity index (χ1v) is 20.1. The highest BCUT2D eigenvalue weighted by atomic mass is 35.5. The molecule has 0 unspecified atom stereocenters. The van der Waals surface area contributed by atoms with E-state index in [2.05, 4.69) is 38.6 Å². The number of pyridine rings is 1. The number of nitrogens with zero attached hydrogens (tertiary/aromatic N) is 2. The van der Waals surface area contributed by atoms with Crippen LogP contribution in [-0.2, 0) is 28.3 Å². The molecule has 7 rings (SSSR count). The number of aromatic nitrogens is 1. The van der Waals surface area contributed by atoms with E-state index < -0.39 is 26.8 Å². The molecule has 1 fully saturated rings. The van der Waals surface area contributed by atoms with Crippen LogP contribution in [0.3, 0.4) is 0 Å². The Kier molecular flexibility index (Phi) is 9.96. The topological polar surface area (TPSA) is 109 Å². The van der Waals surface area contributed by atoms with Gasteiger partial charge in [-0.2, -0.15) is 0 Å². The van der Waals surface area contributed by atoms with Crippen LogP contribution < -0.4 is 14.4 Å². The Balaban J connectivity index is 1.28. The molecule has 1 amide bonds. The number of halogens is 1. The Morgan fingerprint density at radius 2 is 2.00 bits per heavy atom. The number of amides is 1. The number of sulfonamides is 1. The highest BCUT2D eigenvalue weighted by Gasteiger charge is 2.47. The second-order valence-corrected chi connectivity index (χ2v) is 17.4. The lowest BCUT2D eigenvalue weighted by atomic mass is 9.64. The lowest BCUT2D eigenvalue weighted by Gasteiger charge is -2.47. The fourth-order valence-electron chi connectivity index (χ4n) is 8.34. The van der Waals surface area contributed by atoms with Crippen LogP contribution in [0, 0.1) is 29.6 Å². The first kappa shape index (κ1) is 35.6. The van der Waals surface area contributed by atoms with Crippen molar-refractivity contribution in [3.05, 3.63) is 100 Å². The first-order valence-electron chi connectivity index (χ1n) is 18.1. The van der Waals surface area contributed by atoms with Gasteiger partial charge in [-0.15, -0.1) is 0 Å². The van der Waals surface area contributed by atoms with Crippen LogP contribution in [0.1, 0.15) is 79.6 Å². The molecule has 2 N–H and O–H groups in total. The van der Waals surface area contributed by atoms with Crippen molar-refractivity contribution in [2.24, 2.45) is 17.8 Å². The molecule has 1 spiro atoms. The zero-order valence-corrected chi connectivity index (χ0v) is 30.8. The summed E-state index contributed by atoms with van der Waals surface area (Å²) in [4.78, 5) is 20.3. The number of aliphatic hydroxyl groups is 1. The summed E-state index contributed by atoms with van der Waals surface area (Å²) in [6, 6.07) is 17.2. The van der Waals surface area contributed by atoms with Crippen molar-refractivity contribution in [3.8, 4) is 17.6 Å². The van der Waals surface area contributed by atoms with E-state index in [4.69, 9.17) is 16.3 Å². The molecule has 1 saturated carbocycles. The minimum Gasteiger partial charge on any atom is -0.490 e. The number of ether oxygens (including phenoxy) is 1. The molecule has 8 nitrogen and oxygen atoms in total. The van der Waals surface area contributed by atoms with E-state index in [0.29, 0.717) is 49.7 Å². The van der Waals surface area contributed by atoms with E-state index in [0.717, 1.165) is 43.5 Å². The molecular formula is C41H46ClN3O5S. The number of carbonyl (C=O) groups is 1. The van der Waals surface area contributed by atoms with Crippen LogP contribution in [-0.4, -0.2) is 55.0 Å². The van der Waals surface area contributed by atoms with E-state index in [-0.39, 0.29) is 28.7 Å². The van der Waals surface area contributed by atoms with Crippen LogP contribution >= 0.6 is 11.6 Å². The van der Waals surface area contributed by atoms with Gasteiger partial charge in [-0.25, -0.2) is 13.1 Å². The van der Waals surface area contributed by atoms with Crippen LogP contribution in [0.5, 0.6) is 5.75 Å². The van der Waals surface area contributed by atoms with E-state index in [1.54, 1.807) is 37.4 Å². The van der Waals surface area contributed by atoms with E-state index >= 15 is 0 Å². The average Bonchev–Trinajstić information content (AvgIpc) is 3.24. The molecule has 3 heterocycles. The summed E-state index contributed by atoms with van der Waals surface area (Å²) in [5.41, 5.74) is 2.70. The largest absolute Gasteiger partial charge is 0.490 e. The third-order valence-electron chi connectivity index (χ3n) is 11.7. The molecule has 4 aliphatic rings. The average molecular weight is 728 g/mol. The SMILES string of the molecule is C[C@@H]1[C@@H](C)C/C=C/[C@](O)(C#CCCc2ccccn2)[C@@H]2CC[C@H]2CN2C[C@@]3(CCCc4cc(Cl)ccc43)COc3ccc(cc32)C(=O)NS1(=O)=O. The second kappa shape index (κ2) is 14.3. The molecule has 268 valence electrons. The van der Waals surface area contributed by atoms with Crippen LogP contribution in [0.15, 0.2) is 72.9 Å². The maximum absolute atomic E-state index is 13.5. The standard InChI is InChI=1S/C41H46ClN3O5S/c1-28-9-7-21-41(47,20-5-3-11-34-12-4-6-22-43-34)36-16-13-32(36)25-45-26-40(19-8-10-30-23-33(42)15-17-35(30)40)27-50-38-18-14-31(24-37(38)45)39(46)44-51(48,49)29(28)2/h4,6-7,12,14-15,17-18,21-24,28-29,32,36,47H,3,8-11,13,16,19,25-27H2,1-2H3,(H,44,46)/b21-7+/t28-,29+,32-,36+,40-,41+/m0/s1. The Hall–Kier alpha value is -3.84. The molecule has 1 aromatic heterocycles. The summed E-state index contributed by atoms with van der Waals surface area (Å²) in [7, 11) is -4.00. The summed E-state index contributed by atoms with van der Waals surface area (Å²) in [6.07, 6.45) is 11.7. The number of hydrogen-bond acceptors (Lipinski definition) is 7. The van der Waals surface area contributed by atoms with Crippen molar-refractivity contribution < 1.29 is 23.1 Å². The van der Waals surface area contributed by atoms with Gasteiger partial charge in [0.05, 0.1) is 17.5 Å². The van der Waals surface area contributed by atoms with Crippen LogP contribution in [0.2, 0.25) is 5.02 Å². The number of fused-ring (bicyclic) bond motifs is 4. The fourth-order valence-corrected chi connectivity index (χ4v) is 9.82. The smallest absolute Gasteiger partial charge is 0.264 e. The zero-order valence-electron chi connectivity index (χ0n) is 29.3. The summed E-state index contributed by atoms with van der Waals surface area (Å²) in [5, 5.41) is 12.2. The first-order chi connectivity index (χ1) is 24.5. The lowest BCUT2D eigenvalue weighted by Crippen LogP contribution is -2.52. The molecule has 3 aromatic rings. The fraction of sp³-hybridized carbons (Fsp3) is 0.463. The molecule has 2 aliphatic heterocycles. The number of hydrogen-bond donors (Lipinski definition) is 2. The number of anilines is 1. The zero-order chi connectivity index (χ0) is 35.8. The highest BCUT2D eigenvalue weighted by Crippen LogP contribution is 2.48. The van der Waals surface area contributed by atoms with Gasteiger partial charge in [-0.3, -0.25) is 9.78 Å². The molecule has 51 heavy (non-hydrogen) atoms. The van der Waals surface area contributed by atoms with E-state index in [9.17, 15) is 18.3 Å². The Bertz CT molecular complexity index is 1990. The molecule has 10 heteroatoms. The summed E-state index contributed by atoms with van der Waals surface area (Å²) >= 11 is 6.45. The van der Waals surface area contributed by atoms with E-state index in [1.165, 1.54) is 11.1 Å². The van der Waals surface area contributed by atoms with Gasteiger partial charge in [0, 0.05) is 59.7 Å². The van der Waals surface area contributed by atoms with Gasteiger partial charge in [0.1, 0.15) is 11.4 Å². The number of carbonyl (C=O) groups excluding carboxylic acids is 1. The van der Waals surface area contributed by atoms with Crippen molar-refractivity contribution in [3.63, 3.8) is 0 Å². The summed E-state index contributed by atoms with van der Waals surface area (Å²) in [6.45, 7) is 5.18. The third kappa shape index (κ3) is 7.28. The van der Waals surface area contributed by atoms with Crippen molar-refractivity contribution >= 4 is 33.2 Å². The number of benzene rings is 2. The maximum atomic E-state index is 13.5.